The second-order valence-corrected chi connectivity index (χ2v) is 17.0. The van der Waals surface area contributed by atoms with Crippen molar-refractivity contribution in [3.63, 3.8) is 0 Å². The quantitative estimate of drug-likeness (QED) is 0.178. The van der Waals surface area contributed by atoms with Crippen molar-refractivity contribution in [2.75, 3.05) is 0 Å². The monoisotopic (exact) mass is 794 g/mol. The summed E-state index contributed by atoms with van der Waals surface area (Å²) in [6.45, 7) is 0. The first-order valence-corrected chi connectivity index (χ1v) is 21.5. The van der Waals surface area contributed by atoms with Crippen LogP contribution in [0.25, 0.3) is 83.6 Å². The van der Waals surface area contributed by atoms with Crippen LogP contribution in [0.5, 0.6) is 0 Å². The molecule has 0 saturated heterocycles. The molecule has 5 heteroatoms. The van der Waals surface area contributed by atoms with Gasteiger partial charge >= 0.3 is 0 Å². The van der Waals surface area contributed by atoms with E-state index in [-0.39, 0.29) is 0 Å². The van der Waals surface area contributed by atoms with Crippen molar-refractivity contribution in [3.8, 4) is 51.0 Å². The van der Waals surface area contributed by atoms with E-state index in [0.29, 0.717) is 17.6 Å². The zero-order valence-corrected chi connectivity index (χ0v) is 33.6. The minimum atomic E-state index is -0.526. The molecule has 1 spiro atoms. The van der Waals surface area contributed by atoms with Crippen molar-refractivity contribution in [1.82, 2.24) is 19.5 Å². The fraction of sp³-hybridized carbons (Fsp3) is 0.0179. The van der Waals surface area contributed by atoms with E-state index in [1.807, 2.05) is 36.0 Å². The highest BCUT2D eigenvalue weighted by molar-refractivity contribution is 7.99. The van der Waals surface area contributed by atoms with E-state index in [4.69, 9.17) is 15.0 Å². The topological polar surface area (TPSA) is 43.6 Å². The second-order valence-electron chi connectivity index (χ2n) is 15.9. The maximum atomic E-state index is 5.43. The van der Waals surface area contributed by atoms with Gasteiger partial charge in [0.15, 0.2) is 11.6 Å². The van der Waals surface area contributed by atoms with Crippen LogP contribution in [0.2, 0.25) is 0 Å². The molecule has 0 radical (unpaired) electrons. The standard InChI is InChI=1S/C56H34N4S/c1-3-15-35(16-4-1)36-27-29-39(30-28-36)54-57-53(38-18-5-2-6-19-38)58-55(59-54)60-49-34-48-51(33-44(49)43-32-31-37-17-7-8-20-40(37)52(43)60)61-50-26-14-13-25-47(50)56(48)45-23-11-9-21-41(45)42-22-10-12-24-46(42)56/h1-34H. The van der Waals surface area contributed by atoms with Crippen molar-refractivity contribution in [1.29, 1.82) is 0 Å². The molecular formula is C56H34N4S. The van der Waals surface area contributed by atoms with Crippen LogP contribution in [0.3, 0.4) is 0 Å². The first-order chi connectivity index (χ1) is 30.2. The molecule has 1 aliphatic carbocycles. The van der Waals surface area contributed by atoms with Crippen LogP contribution in [-0.2, 0) is 5.41 Å². The highest BCUT2D eigenvalue weighted by atomic mass is 32.2. The summed E-state index contributed by atoms with van der Waals surface area (Å²) in [5, 5.41) is 4.63. The van der Waals surface area contributed by atoms with Gasteiger partial charge in [-0.3, -0.25) is 4.57 Å². The van der Waals surface area contributed by atoms with Crippen LogP contribution in [0.15, 0.2) is 216 Å². The highest BCUT2D eigenvalue weighted by Crippen LogP contribution is 2.62. The summed E-state index contributed by atoms with van der Waals surface area (Å²) in [4.78, 5) is 18.5. The lowest BCUT2D eigenvalue weighted by molar-refractivity contribution is 0.723. The first kappa shape index (κ1) is 34.3. The Bertz CT molecular complexity index is 3510. The van der Waals surface area contributed by atoms with E-state index >= 15 is 0 Å². The van der Waals surface area contributed by atoms with Gasteiger partial charge in [-0.15, -0.1) is 0 Å². The van der Waals surface area contributed by atoms with Crippen LogP contribution in [0.1, 0.15) is 22.3 Å². The summed E-state index contributed by atoms with van der Waals surface area (Å²) in [5.41, 5.74) is 13.5. The van der Waals surface area contributed by atoms with Crippen LogP contribution in [0, 0.1) is 0 Å². The SMILES string of the molecule is c1ccc(-c2ccc(-c3nc(-c4ccccc4)nc(-n4c5cc6c(cc5c5ccc7ccccc7c54)Sc4ccccc4C64c5ccccc5-c5ccccc54)n3)cc2)cc1. The third kappa shape index (κ3) is 4.99. The molecule has 0 atom stereocenters. The molecule has 2 aliphatic rings. The zero-order chi connectivity index (χ0) is 40.1. The zero-order valence-electron chi connectivity index (χ0n) is 32.8. The van der Waals surface area contributed by atoms with Crippen molar-refractivity contribution in [3.05, 3.63) is 229 Å². The van der Waals surface area contributed by atoms with Crippen molar-refractivity contribution in [2.45, 2.75) is 15.2 Å². The summed E-state index contributed by atoms with van der Waals surface area (Å²) in [7, 11) is 0. The molecule has 284 valence electrons. The molecule has 9 aromatic carbocycles. The molecule has 11 aromatic rings. The average molecular weight is 795 g/mol. The summed E-state index contributed by atoms with van der Waals surface area (Å²) in [6, 6.07) is 74.4. The number of aromatic nitrogens is 4. The lowest BCUT2D eigenvalue weighted by Crippen LogP contribution is -2.32. The van der Waals surface area contributed by atoms with Gasteiger partial charge in [0, 0.05) is 37.1 Å². The third-order valence-electron chi connectivity index (χ3n) is 12.7. The normalized spacial score (nSPS) is 13.3. The molecule has 13 rings (SSSR count). The van der Waals surface area contributed by atoms with E-state index in [1.165, 1.54) is 48.7 Å². The molecular weight excluding hydrogens is 761 g/mol. The first-order valence-electron chi connectivity index (χ1n) is 20.7. The molecule has 0 unspecified atom stereocenters. The molecule has 61 heavy (non-hydrogen) atoms. The van der Waals surface area contributed by atoms with Crippen LogP contribution >= 0.6 is 11.8 Å². The molecule has 3 heterocycles. The van der Waals surface area contributed by atoms with Gasteiger partial charge < -0.3 is 0 Å². The maximum Gasteiger partial charge on any atom is 0.238 e. The Hall–Kier alpha value is -7.60. The second kappa shape index (κ2) is 13.2. The molecule has 2 aromatic heterocycles. The predicted molar refractivity (Wildman–Crippen MR) is 249 cm³/mol. The van der Waals surface area contributed by atoms with Crippen LogP contribution < -0.4 is 0 Å². The van der Waals surface area contributed by atoms with E-state index in [2.05, 4.69) is 187 Å². The Balaban J connectivity index is 1.14. The van der Waals surface area contributed by atoms with Crippen LogP contribution in [0.4, 0.5) is 0 Å². The Kier molecular flexibility index (Phi) is 7.42. The molecule has 0 N–H and O–H groups in total. The number of hydrogen-bond acceptors (Lipinski definition) is 4. The van der Waals surface area contributed by atoms with Crippen LogP contribution in [-0.4, -0.2) is 19.5 Å². The van der Waals surface area contributed by atoms with Gasteiger partial charge in [0.25, 0.3) is 0 Å². The number of rotatable bonds is 4. The summed E-state index contributed by atoms with van der Waals surface area (Å²) in [6.07, 6.45) is 0. The lowest BCUT2D eigenvalue weighted by Gasteiger charge is -2.39. The van der Waals surface area contributed by atoms with Crippen molar-refractivity contribution >= 4 is 44.3 Å². The van der Waals surface area contributed by atoms with Crippen molar-refractivity contribution in [2.24, 2.45) is 0 Å². The minimum Gasteiger partial charge on any atom is -0.277 e. The van der Waals surface area contributed by atoms with Gasteiger partial charge in [-0.25, -0.2) is 4.98 Å². The number of fused-ring (bicyclic) bond motifs is 14. The van der Waals surface area contributed by atoms with Gasteiger partial charge in [0.05, 0.1) is 16.4 Å². The van der Waals surface area contributed by atoms with E-state index in [0.717, 1.165) is 49.3 Å². The van der Waals surface area contributed by atoms with Gasteiger partial charge in [-0.1, -0.05) is 200 Å². The Morgan fingerprint density at radius 3 is 1.66 bits per heavy atom. The number of benzene rings is 9. The smallest absolute Gasteiger partial charge is 0.238 e. The summed E-state index contributed by atoms with van der Waals surface area (Å²) >= 11 is 1.87. The largest absolute Gasteiger partial charge is 0.277 e. The summed E-state index contributed by atoms with van der Waals surface area (Å²) < 4.78 is 2.31. The van der Waals surface area contributed by atoms with Gasteiger partial charge in [0.1, 0.15) is 0 Å². The fourth-order valence-electron chi connectivity index (χ4n) is 10.1. The predicted octanol–water partition coefficient (Wildman–Crippen LogP) is 14.0. The number of hydrogen-bond donors (Lipinski definition) is 0. The number of nitrogens with zero attached hydrogens (tertiary/aromatic N) is 4. The Labute approximate surface area is 356 Å². The van der Waals surface area contributed by atoms with E-state index in [1.54, 1.807) is 0 Å². The Morgan fingerprint density at radius 1 is 0.377 bits per heavy atom. The van der Waals surface area contributed by atoms with Gasteiger partial charge in [-0.05, 0) is 68.1 Å². The molecule has 4 nitrogen and oxygen atoms in total. The molecule has 0 saturated carbocycles. The lowest BCUT2D eigenvalue weighted by atomic mass is 9.67. The average Bonchev–Trinajstić information content (AvgIpc) is 3.82. The van der Waals surface area contributed by atoms with E-state index < -0.39 is 5.41 Å². The van der Waals surface area contributed by atoms with Gasteiger partial charge in [-0.2, -0.15) is 9.97 Å². The Morgan fingerprint density at radius 2 is 0.934 bits per heavy atom. The van der Waals surface area contributed by atoms with E-state index in [9.17, 15) is 0 Å². The molecule has 0 bridgehead atoms. The summed E-state index contributed by atoms with van der Waals surface area (Å²) in [5.74, 6) is 1.83. The molecule has 0 fully saturated rings. The fourth-order valence-corrected chi connectivity index (χ4v) is 11.3. The van der Waals surface area contributed by atoms with Crippen molar-refractivity contribution < 1.29 is 0 Å². The maximum absolute atomic E-state index is 5.43. The minimum absolute atomic E-state index is 0.526. The highest BCUT2D eigenvalue weighted by Gasteiger charge is 2.50. The van der Waals surface area contributed by atoms with Gasteiger partial charge in [0.2, 0.25) is 5.95 Å². The third-order valence-corrected chi connectivity index (χ3v) is 13.9. The molecule has 0 amide bonds. The molecule has 1 aliphatic heterocycles.